The van der Waals surface area contributed by atoms with Crippen molar-refractivity contribution >= 4 is 23.4 Å². The summed E-state index contributed by atoms with van der Waals surface area (Å²) in [5.74, 6) is 0.787. The van der Waals surface area contributed by atoms with Crippen molar-refractivity contribution in [2.75, 3.05) is 12.5 Å². The molecule has 0 amide bonds. The van der Waals surface area contributed by atoms with Crippen LogP contribution in [-0.4, -0.2) is 19.1 Å². The van der Waals surface area contributed by atoms with Crippen molar-refractivity contribution < 1.29 is 9.53 Å². The maximum atomic E-state index is 11.6. The first-order chi connectivity index (χ1) is 12.1. The average molecular weight is 335 g/mol. The SMILES string of the molecule is COc1ccc(NN/C=C(\C=O)C2=Nc3ccccc3C2(C)C)cc1. The summed E-state index contributed by atoms with van der Waals surface area (Å²) in [4.78, 5) is 16.3. The van der Waals surface area contributed by atoms with Gasteiger partial charge in [-0.3, -0.25) is 9.79 Å². The number of anilines is 1. The Morgan fingerprint density at radius 1 is 1.12 bits per heavy atom. The average Bonchev–Trinajstić information content (AvgIpc) is 2.91. The number of hydrogen-bond acceptors (Lipinski definition) is 5. The van der Waals surface area contributed by atoms with E-state index in [1.807, 2.05) is 42.5 Å². The molecule has 128 valence electrons. The van der Waals surface area contributed by atoms with Crippen LogP contribution in [0, 0.1) is 0 Å². The second-order valence-electron chi connectivity index (χ2n) is 6.32. The van der Waals surface area contributed by atoms with Gasteiger partial charge in [0.25, 0.3) is 0 Å². The molecule has 0 atom stereocenters. The number of benzene rings is 2. The lowest BCUT2D eigenvalue weighted by Gasteiger charge is -2.22. The number of carbonyl (C=O) groups is 1. The Bertz CT molecular complexity index is 836. The quantitative estimate of drug-likeness (QED) is 0.479. The first-order valence-electron chi connectivity index (χ1n) is 8.06. The molecule has 1 aliphatic rings. The normalized spacial score (nSPS) is 15.2. The molecule has 0 saturated carbocycles. The Morgan fingerprint density at radius 2 is 1.84 bits per heavy atom. The van der Waals surface area contributed by atoms with Gasteiger partial charge in [-0.2, -0.15) is 0 Å². The summed E-state index contributed by atoms with van der Waals surface area (Å²) >= 11 is 0. The first-order valence-corrected chi connectivity index (χ1v) is 8.06. The predicted octanol–water partition coefficient (Wildman–Crippen LogP) is 3.76. The molecule has 0 unspecified atom stereocenters. The molecule has 1 heterocycles. The summed E-state index contributed by atoms with van der Waals surface area (Å²) in [7, 11) is 1.63. The Morgan fingerprint density at radius 3 is 2.48 bits per heavy atom. The van der Waals surface area contributed by atoms with Crippen molar-refractivity contribution in [1.29, 1.82) is 0 Å². The number of para-hydroxylation sites is 1. The number of aldehydes is 1. The minimum Gasteiger partial charge on any atom is -0.497 e. The number of hydrogen-bond donors (Lipinski definition) is 2. The van der Waals surface area contributed by atoms with Crippen molar-refractivity contribution in [3.8, 4) is 5.75 Å². The van der Waals surface area contributed by atoms with Crippen LogP contribution in [0.2, 0.25) is 0 Å². The molecule has 0 bridgehead atoms. The smallest absolute Gasteiger partial charge is 0.153 e. The van der Waals surface area contributed by atoms with E-state index < -0.39 is 0 Å². The van der Waals surface area contributed by atoms with Crippen molar-refractivity contribution in [3.63, 3.8) is 0 Å². The van der Waals surface area contributed by atoms with E-state index in [-0.39, 0.29) is 5.41 Å². The molecule has 1 aliphatic heterocycles. The van der Waals surface area contributed by atoms with Crippen LogP contribution in [0.5, 0.6) is 5.75 Å². The molecule has 0 aromatic heterocycles. The lowest BCUT2D eigenvalue weighted by Crippen LogP contribution is -2.29. The summed E-state index contributed by atoms with van der Waals surface area (Å²) < 4.78 is 5.13. The number of ether oxygens (including phenoxy) is 1. The van der Waals surface area contributed by atoms with Gasteiger partial charge in [0, 0.05) is 11.6 Å². The van der Waals surface area contributed by atoms with Gasteiger partial charge >= 0.3 is 0 Å². The van der Waals surface area contributed by atoms with Crippen LogP contribution in [0.15, 0.2) is 65.3 Å². The highest BCUT2D eigenvalue weighted by atomic mass is 16.5. The highest BCUT2D eigenvalue weighted by Crippen LogP contribution is 2.41. The summed E-state index contributed by atoms with van der Waals surface area (Å²) in [6.07, 6.45) is 2.47. The van der Waals surface area contributed by atoms with Gasteiger partial charge in [-0.15, -0.1) is 0 Å². The fraction of sp³-hybridized carbons (Fsp3) is 0.200. The van der Waals surface area contributed by atoms with Gasteiger partial charge in [0.2, 0.25) is 0 Å². The fourth-order valence-corrected chi connectivity index (χ4v) is 2.94. The van der Waals surface area contributed by atoms with Gasteiger partial charge in [-0.05, 0) is 35.9 Å². The molecule has 5 heteroatoms. The number of aliphatic imine (C=N–C) groups is 1. The maximum Gasteiger partial charge on any atom is 0.153 e. The zero-order valence-electron chi connectivity index (χ0n) is 14.5. The molecular formula is C20H21N3O2. The lowest BCUT2D eigenvalue weighted by molar-refractivity contribution is -0.104. The second kappa shape index (κ2) is 6.81. The zero-order chi connectivity index (χ0) is 17.9. The summed E-state index contributed by atoms with van der Waals surface area (Å²) in [6.45, 7) is 4.15. The largest absolute Gasteiger partial charge is 0.497 e. The molecule has 0 aliphatic carbocycles. The van der Waals surface area contributed by atoms with E-state index in [1.54, 1.807) is 13.3 Å². The van der Waals surface area contributed by atoms with Crippen LogP contribution in [0.25, 0.3) is 0 Å². The van der Waals surface area contributed by atoms with E-state index in [2.05, 4.69) is 35.8 Å². The van der Waals surface area contributed by atoms with Crippen LogP contribution >= 0.6 is 0 Å². The van der Waals surface area contributed by atoms with Crippen LogP contribution in [0.4, 0.5) is 11.4 Å². The molecule has 0 fully saturated rings. The van der Waals surface area contributed by atoms with Gasteiger partial charge in [0.1, 0.15) is 5.75 Å². The van der Waals surface area contributed by atoms with Gasteiger partial charge < -0.3 is 15.6 Å². The Labute approximate surface area is 147 Å². The second-order valence-corrected chi connectivity index (χ2v) is 6.32. The highest BCUT2D eigenvalue weighted by Gasteiger charge is 2.36. The Kier molecular flexibility index (Phi) is 4.57. The number of methoxy groups -OCH3 is 1. The van der Waals surface area contributed by atoms with E-state index in [9.17, 15) is 4.79 Å². The number of nitrogens with zero attached hydrogens (tertiary/aromatic N) is 1. The standard InChI is InChI=1S/C20H21N3O2/c1-20(2)17-6-4-5-7-18(17)22-19(20)14(13-24)12-21-23-15-8-10-16(25-3)11-9-15/h4-13,21,23H,1-3H3/b14-12+. The first kappa shape index (κ1) is 16.8. The number of nitrogens with one attached hydrogen (secondary N) is 2. The van der Waals surface area contributed by atoms with Gasteiger partial charge in [-0.1, -0.05) is 32.0 Å². The number of hydrazine groups is 1. The van der Waals surface area contributed by atoms with E-state index in [1.165, 1.54) is 0 Å². The number of carbonyl (C=O) groups excluding carboxylic acids is 1. The summed E-state index contributed by atoms with van der Waals surface area (Å²) in [6, 6.07) is 15.4. The highest BCUT2D eigenvalue weighted by molar-refractivity contribution is 6.22. The zero-order valence-corrected chi connectivity index (χ0v) is 14.5. The minimum absolute atomic E-state index is 0.314. The van der Waals surface area contributed by atoms with Crippen LogP contribution in [0.3, 0.4) is 0 Å². The molecule has 5 nitrogen and oxygen atoms in total. The molecule has 0 spiro atoms. The number of allylic oxidation sites excluding steroid dienone is 1. The van der Waals surface area contributed by atoms with E-state index in [0.29, 0.717) is 5.57 Å². The van der Waals surface area contributed by atoms with Crippen molar-refractivity contribution in [2.24, 2.45) is 4.99 Å². The van der Waals surface area contributed by atoms with Crippen LogP contribution in [-0.2, 0) is 10.2 Å². The predicted molar refractivity (Wildman–Crippen MR) is 100 cm³/mol. The summed E-state index contributed by atoms with van der Waals surface area (Å²) in [5, 5.41) is 0. The molecule has 2 aromatic rings. The molecule has 0 saturated heterocycles. The number of fused-ring (bicyclic) bond motifs is 1. The molecule has 3 rings (SSSR count). The summed E-state index contributed by atoms with van der Waals surface area (Å²) in [5.41, 5.74) is 9.86. The van der Waals surface area contributed by atoms with Gasteiger partial charge in [-0.25, -0.2) is 0 Å². The van der Waals surface area contributed by atoms with E-state index in [4.69, 9.17) is 4.74 Å². The van der Waals surface area contributed by atoms with Crippen molar-refractivity contribution in [1.82, 2.24) is 5.43 Å². The van der Waals surface area contributed by atoms with Crippen LogP contribution < -0.4 is 15.6 Å². The Hall–Kier alpha value is -3.08. The van der Waals surface area contributed by atoms with Crippen molar-refractivity contribution in [3.05, 3.63) is 65.9 Å². The third-order valence-corrected chi connectivity index (χ3v) is 4.34. The van der Waals surface area contributed by atoms with Gasteiger partial charge in [0.05, 0.1) is 29.8 Å². The topological polar surface area (TPSA) is 62.7 Å². The molecule has 25 heavy (non-hydrogen) atoms. The minimum atomic E-state index is -0.314. The van der Waals surface area contributed by atoms with Gasteiger partial charge in [0.15, 0.2) is 6.29 Å². The molecular weight excluding hydrogens is 314 g/mol. The Balaban J connectivity index is 1.76. The van der Waals surface area contributed by atoms with E-state index in [0.717, 1.165) is 34.7 Å². The third kappa shape index (κ3) is 3.26. The maximum absolute atomic E-state index is 11.6. The molecule has 2 N–H and O–H groups in total. The monoisotopic (exact) mass is 335 g/mol. The fourth-order valence-electron chi connectivity index (χ4n) is 2.94. The van der Waals surface area contributed by atoms with Crippen LogP contribution in [0.1, 0.15) is 19.4 Å². The molecule has 0 radical (unpaired) electrons. The number of rotatable bonds is 6. The van der Waals surface area contributed by atoms with E-state index >= 15 is 0 Å². The van der Waals surface area contributed by atoms with Crippen molar-refractivity contribution in [2.45, 2.75) is 19.3 Å². The third-order valence-electron chi connectivity index (χ3n) is 4.34. The lowest BCUT2D eigenvalue weighted by atomic mass is 9.79. The molecule has 2 aromatic carbocycles.